The largest absolute Gasteiger partial charge is 0.346 e. The van der Waals surface area contributed by atoms with Crippen LogP contribution >= 0.6 is 23.4 Å². The number of hydrogen-bond donors (Lipinski definition) is 2. The first-order valence-electron chi connectivity index (χ1n) is 8.43. The summed E-state index contributed by atoms with van der Waals surface area (Å²) in [4.78, 5) is 19.7. The summed E-state index contributed by atoms with van der Waals surface area (Å²) in [6, 6.07) is 17.2. The fourth-order valence-corrected chi connectivity index (χ4v) is 3.71. The summed E-state index contributed by atoms with van der Waals surface area (Å²) in [5.41, 5.74) is 1.46. The first-order valence-corrected chi connectivity index (χ1v) is 9.63. The van der Waals surface area contributed by atoms with E-state index in [1.807, 2.05) is 54.6 Å². The van der Waals surface area contributed by atoms with Crippen molar-refractivity contribution < 1.29 is 9.69 Å². The SMILES string of the molecule is C[NH+](C)CCNC(=O)c1cc(Sc2cccc(Cl)c2)nc2ccccc12. The van der Waals surface area contributed by atoms with Crippen molar-refractivity contribution in [1.82, 2.24) is 10.3 Å². The Morgan fingerprint density at radius 3 is 2.73 bits per heavy atom. The second-order valence-electron chi connectivity index (χ2n) is 6.30. The first-order chi connectivity index (χ1) is 12.5. The van der Waals surface area contributed by atoms with Crippen LogP contribution in [0.25, 0.3) is 10.9 Å². The molecule has 0 aliphatic carbocycles. The molecule has 3 aromatic rings. The van der Waals surface area contributed by atoms with Crippen LogP contribution in [0, 0.1) is 0 Å². The van der Waals surface area contributed by atoms with E-state index in [4.69, 9.17) is 11.6 Å². The molecule has 0 atom stereocenters. The van der Waals surface area contributed by atoms with E-state index in [9.17, 15) is 4.79 Å². The van der Waals surface area contributed by atoms with Crippen LogP contribution in [-0.2, 0) is 0 Å². The molecular formula is C20H21ClN3OS+. The van der Waals surface area contributed by atoms with Gasteiger partial charge in [0.25, 0.3) is 5.91 Å². The maximum atomic E-state index is 12.7. The number of hydrogen-bond acceptors (Lipinski definition) is 3. The van der Waals surface area contributed by atoms with Crippen molar-refractivity contribution in [2.45, 2.75) is 9.92 Å². The number of aromatic nitrogens is 1. The number of rotatable bonds is 6. The van der Waals surface area contributed by atoms with E-state index in [0.717, 1.165) is 27.4 Å². The van der Waals surface area contributed by atoms with Crippen molar-refractivity contribution >= 4 is 40.2 Å². The van der Waals surface area contributed by atoms with E-state index < -0.39 is 0 Å². The number of para-hydroxylation sites is 1. The molecule has 1 aromatic heterocycles. The van der Waals surface area contributed by atoms with Gasteiger partial charge in [0.1, 0.15) is 5.03 Å². The number of pyridine rings is 1. The predicted octanol–water partition coefficient (Wildman–Crippen LogP) is 2.91. The van der Waals surface area contributed by atoms with E-state index >= 15 is 0 Å². The molecule has 0 radical (unpaired) electrons. The molecule has 2 N–H and O–H groups in total. The van der Waals surface area contributed by atoms with E-state index in [1.165, 1.54) is 16.7 Å². The minimum absolute atomic E-state index is 0.0715. The number of nitrogens with zero attached hydrogens (tertiary/aromatic N) is 1. The Bertz CT molecular complexity index is 930. The van der Waals surface area contributed by atoms with Crippen LogP contribution in [0.2, 0.25) is 5.02 Å². The van der Waals surface area contributed by atoms with Gasteiger partial charge >= 0.3 is 0 Å². The highest BCUT2D eigenvalue weighted by Gasteiger charge is 2.14. The third kappa shape index (κ3) is 4.75. The number of fused-ring (bicyclic) bond motifs is 1. The molecule has 0 aliphatic heterocycles. The Balaban J connectivity index is 1.92. The van der Waals surface area contributed by atoms with Crippen LogP contribution in [0.3, 0.4) is 0 Å². The lowest BCUT2D eigenvalue weighted by atomic mass is 10.1. The van der Waals surface area contributed by atoms with Crippen molar-refractivity contribution in [3.05, 3.63) is 65.2 Å². The van der Waals surface area contributed by atoms with Gasteiger partial charge in [0.2, 0.25) is 0 Å². The molecule has 0 aliphatic rings. The third-order valence-electron chi connectivity index (χ3n) is 3.87. The molecule has 0 fully saturated rings. The molecule has 1 amide bonds. The molecule has 3 rings (SSSR count). The summed E-state index contributed by atoms with van der Waals surface area (Å²) in [7, 11) is 4.13. The van der Waals surface area contributed by atoms with Crippen molar-refractivity contribution in [3.63, 3.8) is 0 Å². The maximum Gasteiger partial charge on any atom is 0.252 e. The summed E-state index contributed by atoms with van der Waals surface area (Å²) < 4.78 is 0. The van der Waals surface area contributed by atoms with Crippen LogP contribution in [0.4, 0.5) is 0 Å². The number of amides is 1. The van der Waals surface area contributed by atoms with Crippen LogP contribution < -0.4 is 10.2 Å². The van der Waals surface area contributed by atoms with Gasteiger partial charge in [0.05, 0.1) is 38.3 Å². The summed E-state index contributed by atoms with van der Waals surface area (Å²) in [5.74, 6) is -0.0715. The zero-order chi connectivity index (χ0) is 18.5. The van der Waals surface area contributed by atoms with Crippen LogP contribution in [-0.4, -0.2) is 38.1 Å². The van der Waals surface area contributed by atoms with Crippen LogP contribution in [0.15, 0.2) is 64.5 Å². The summed E-state index contributed by atoms with van der Waals surface area (Å²) in [6.45, 7) is 1.51. The predicted molar refractivity (Wildman–Crippen MR) is 107 cm³/mol. The normalized spacial score (nSPS) is 11.1. The molecule has 6 heteroatoms. The lowest BCUT2D eigenvalue weighted by molar-refractivity contribution is -0.856. The third-order valence-corrected chi connectivity index (χ3v) is 5.01. The zero-order valence-corrected chi connectivity index (χ0v) is 16.3. The van der Waals surface area contributed by atoms with Crippen molar-refractivity contribution in [1.29, 1.82) is 0 Å². The highest BCUT2D eigenvalue weighted by Crippen LogP contribution is 2.31. The van der Waals surface area contributed by atoms with E-state index in [0.29, 0.717) is 17.1 Å². The standard InChI is InChI=1S/C20H20ClN3OS/c1-24(2)11-10-22-20(25)17-13-19(23-18-9-4-3-8-16(17)18)26-15-7-5-6-14(21)12-15/h3-9,12-13H,10-11H2,1-2H3,(H,22,25)/p+1. The van der Waals surface area contributed by atoms with Crippen molar-refractivity contribution in [2.24, 2.45) is 0 Å². The average Bonchev–Trinajstić information content (AvgIpc) is 2.60. The minimum Gasteiger partial charge on any atom is -0.346 e. The number of likely N-dealkylation sites (N-methyl/N-ethyl adjacent to an activating group) is 1. The van der Waals surface area contributed by atoms with Crippen LogP contribution in [0.1, 0.15) is 10.4 Å². The van der Waals surface area contributed by atoms with Gasteiger partial charge in [0, 0.05) is 15.3 Å². The minimum atomic E-state index is -0.0715. The number of nitrogens with one attached hydrogen (secondary N) is 2. The Labute approximate surface area is 162 Å². The molecule has 26 heavy (non-hydrogen) atoms. The molecule has 0 saturated carbocycles. The Kier molecular flexibility index (Phi) is 6.14. The van der Waals surface area contributed by atoms with E-state index in [-0.39, 0.29) is 5.91 Å². The van der Waals surface area contributed by atoms with Gasteiger partial charge in [-0.2, -0.15) is 0 Å². The zero-order valence-electron chi connectivity index (χ0n) is 14.8. The number of halogens is 1. The summed E-state index contributed by atoms with van der Waals surface area (Å²) >= 11 is 7.57. The Morgan fingerprint density at radius 1 is 1.15 bits per heavy atom. The topological polar surface area (TPSA) is 46.4 Å². The highest BCUT2D eigenvalue weighted by atomic mass is 35.5. The molecule has 0 unspecified atom stereocenters. The van der Waals surface area contributed by atoms with Crippen molar-refractivity contribution in [3.8, 4) is 0 Å². The number of benzene rings is 2. The molecule has 2 aromatic carbocycles. The van der Waals surface area contributed by atoms with Gasteiger partial charge in [0.15, 0.2) is 0 Å². The fraction of sp³-hybridized carbons (Fsp3) is 0.200. The first kappa shape index (κ1) is 18.7. The lowest BCUT2D eigenvalue weighted by Gasteiger charge is -2.11. The van der Waals surface area contributed by atoms with Gasteiger partial charge in [-0.15, -0.1) is 0 Å². The summed E-state index contributed by atoms with van der Waals surface area (Å²) in [6.07, 6.45) is 0. The van der Waals surface area contributed by atoms with Crippen molar-refractivity contribution in [2.75, 3.05) is 27.2 Å². The maximum absolute atomic E-state index is 12.7. The fourth-order valence-electron chi connectivity index (χ4n) is 2.56. The summed E-state index contributed by atoms with van der Waals surface area (Å²) in [5, 5.41) is 5.32. The Hall–Kier alpha value is -2.08. The number of quaternary nitrogens is 1. The van der Waals surface area contributed by atoms with Gasteiger partial charge < -0.3 is 10.2 Å². The molecule has 0 saturated heterocycles. The quantitative estimate of drug-likeness (QED) is 0.684. The Morgan fingerprint density at radius 2 is 1.96 bits per heavy atom. The van der Waals surface area contributed by atoms with E-state index in [1.54, 1.807) is 0 Å². The molecule has 1 heterocycles. The van der Waals surface area contributed by atoms with Gasteiger partial charge in [-0.1, -0.05) is 47.6 Å². The number of carbonyl (C=O) groups is 1. The molecule has 134 valence electrons. The number of carbonyl (C=O) groups excluding carboxylic acids is 1. The highest BCUT2D eigenvalue weighted by molar-refractivity contribution is 7.99. The average molecular weight is 387 g/mol. The van der Waals surface area contributed by atoms with Gasteiger partial charge in [-0.05, 0) is 30.3 Å². The molecule has 4 nitrogen and oxygen atoms in total. The molecule has 0 spiro atoms. The smallest absolute Gasteiger partial charge is 0.252 e. The van der Waals surface area contributed by atoms with Crippen LogP contribution in [0.5, 0.6) is 0 Å². The lowest BCUT2D eigenvalue weighted by Crippen LogP contribution is -3.06. The monoisotopic (exact) mass is 386 g/mol. The second-order valence-corrected chi connectivity index (χ2v) is 7.83. The van der Waals surface area contributed by atoms with Gasteiger partial charge in [-0.25, -0.2) is 4.98 Å². The molecule has 0 bridgehead atoms. The molecular weight excluding hydrogens is 366 g/mol. The van der Waals surface area contributed by atoms with E-state index in [2.05, 4.69) is 24.4 Å². The van der Waals surface area contributed by atoms with Gasteiger partial charge in [-0.3, -0.25) is 4.79 Å². The second kappa shape index (κ2) is 8.54.